The molecule has 2 heterocycles. The summed E-state index contributed by atoms with van der Waals surface area (Å²) in [6.07, 6.45) is 4.56. The fourth-order valence-electron chi connectivity index (χ4n) is 3.68. The zero-order valence-electron chi connectivity index (χ0n) is 15.9. The molecule has 8 heteroatoms. The van der Waals surface area contributed by atoms with Gasteiger partial charge in [0.05, 0.1) is 18.5 Å². The van der Waals surface area contributed by atoms with Crippen molar-refractivity contribution in [1.82, 2.24) is 19.8 Å². The second-order valence-corrected chi connectivity index (χ2v) is 9.06. The number of rotatable bonds is 5. The molecule has 3 rings (SSSR count). The van der Waals surface area contributed by atoms with Crippen LogP contribution in [0, 0.1) is 6.92 Å². The molecule has 1 atom stereocenters. The molecule has 2 N–H and O–H groups in total. The molecule has 1 aromatic carbocycles. The average molecular weight is 391 g/mol. The number of aryl methyl sites for hydroxylation is 1. The normalized spacial score (nSPS) is 17.1. The molecule has 1 fully saturated rings. The quantitative estimate of drug-likeness (QED) is 0.817. The number of hydrogen-bond donors (Lipinski definition) is 2. The van der Waals surface area contributed by atoms with E-state index in [4.69, 9.17) is 0 Å². The number of sulfonamides is 1. The van der Waals surface area contributed by atoms with Crippen LogP contribution in [0.25, 0.3) is 11.1 Å². The zero-order chi connectivity index (χ0) is 19.6. The van der Waals surface area contributed by atoms with Gasteiger partial charge in [-0.25, -0.2) is 13.1 Å². The van der Waals surface area contributed by atoms with Crippen molar-refractivity contribution < 1.29 is 13.2 Å². The Morgan fingerprint density at radius 3 is 2.67 bits per heavy atom. The van der Waals surface area contributed by atoms with Crippen molar-refractivity contribution in [2.24, 2.45) is 0 Å². The molecule has 0 aliphatic carbocycles. The summed E-state index contributed by atoms with van der Waals surface area (Å²) in [6, 6.07) is 7.59. The molecule has 1 amide bonds. The van der Waals surface area contributed by atoms with Gasteiger partial charge in [0.2, 0.25) is 15.9 Å². The number of H-pyrrole nitrogens is 1. The van der Waals surface area contributed by atoms with Crippen LogP contribution in [0.1, 0.15) is 36.9 Å². The Labute approximate surface area is 160 Å². The van der Waals surface area contributed by atoms with Gasteiger partial charge in [0.15, 0.2) is 0 Å². The first-order valence-corrected chi connectivity index (χ1v) is 11.0. The first kappa shape index (κ1) is 19.6. The third kappa shape index (κ3) is 4.75. The molecule has 1 aliphatic heterocycles. The molecule has 0 bridgehead atoms. The fourth-order valence-corrected chi connectivity index (χ4v) is 4.43. The number of carbonyl (C=O) groups excluding carboxylic acids is 1. The van der Waals surface area contributed by atoms with Crippen molar-refractivity contribution in [3.8, 4) is 11.1 Å². The van der Waals surface area contributed by atoms with E-state index in [1.807, 2.05) is 12.3 Å². The number of nitrogens with zero attached hydrogens (tertiary/aromatic N) is 2. The molecule has 0 saturated carbocycles. The molecule has 1 aromatic heterocycles. The van der Waals surface area contributed by atoms with Gasteiger partial charge in [-0.1, -0.05) is 29.8 Å². The maximum absolute atomic E-state index is 12.5. The summed E-state index contributed by atoms with van der Waals surface area (Å²) < 4.78 is 25.0. The molecule has 27 heavy (non-hydrogen) atoms. The van der Waals surface area contributed by atoms with Crippen LogP contribution in [-0.2, 0) is 14.8 Å². The van der Waals surface area contributed by atoms with Crippen molar-refractivity contribution >= 4 is 15.9 Å². The zero-order valence-corrected chi connectivity index (χ0v) is 16.7. The van der Waals surface area contributed by atoms with Crippen molar-refractivity contribution in [2.45, 2.75) is 38.6 Å². The Hall–Kier alpha value is -2.19. The number of piperidine rings is 1. The number of benzene rings is 1. The summed E-state index contributed by atoms with van der Waals surface area (Å²) in [5.74, 6) is 0.118. The Morgan fingerprint density at radius 2 is 2.04 bits per heavy atom. The predicted octanol–water partition coefficient (Wildman–Crippen LogP) is 2.03. The second kappa shape index (κ2) is 7.82. The van der Waals surface area contributed by atoms with Crippen molar-refractivity contribution in [3.63, 3.8) is 0 Å². The Balaban J connectivity index is 1.67. The molecular weight excluding hydrogens is 364 g/mol. The summed E-state index contributed by atoms with van der Waals surface area (Å²) in [5, 5.41) is 7.39. The van der Waals surface area contributed by atoms with Crippen LogP contribution < -0.4 is 4.72 Å². The number of likely N-dealkylation sites (tertiary alicyclic amines) is 1. The standard InChI is InChI=1S/C19H26N4O3S/c1-13-5-4-6-16(11-13)17-12-20-21-18(17)15-7-9-23(10-8-15)19(24)14(2)22-27(3,25)26/h4-6,11-12,14-15,22H,7-10H2,1-3H3,(H,20,21). The Morgan fingerprint density at radius 1 is 1.33 bits per heavy atom. The van der Waals surface area contributed by atoms with E-state index >= 15 is 0 Å². The van der Waals surface area contributed by atoms with E-state index in [9.17, 15) is 13.2 Å². The van der Waals surface area contributed by atoms with E-state index in [2.05, 4.69) is 40.0 Å². The molecule has 0 radical (unpaired) electrons. The maximum Gasteiger partial charge on any atom is 0.240 e. The van der Waals surface area contributed by atoms with Crippen LogP contribution in [0.3, 0.4) is 0 Å². The SMILES string of the molecule is Cc1cccc(-c2cn[nH]c2C2CCN(C(=O)C(C)NS(C)(=O)=O)CC2)c1. The lowest BCUT2D eigenvalue weighted by Crippen LogP contribution is -2.48. The molecular formula is C19H26N4O3S. The van der Waals surface area contributed by atoms with Gasteiger partial charge in [-0.2, -0.15) is 5.10 Å². The summed E-state index contributed by atoms with van der Waals surface area (Å²) in [5.41, 5.74) is 4.56. The summed E-state index contributed by atoms with van der Waals surface area (Å²) in [7, 11) is -3.40. The van der Waals surface area contributed by atoms with Gasteiger partial charge in [0.1, 0.15) is 0 Å². The summed E-state index contributed by atoms with van der Waals surface area (Å²) in [4.78, 5) is 14.2. The third-order valence-corrected chi connectivity index (χ3v) is 5.76. The first-order chi connectivity index (χ1) is 12.7. The van der Waals surface area contributed by atoms with E-state index in [-0.39, 0.29) is 5.91 Å². The van der Waals surface area contributed by atoms with Gasteiger partial charge in [-0.15, -0.1) is 0 Å². The summed E-state index contributed by atoms with van der Waals surface area (Å²) in [6.45, 7) is 4.86. The van der Waals surface area contributed by atoms with Crippen LogP contribution in [0.5, 0.6) is 0 Å². The van der Waals surface area contributed by atoms with Gasteiger partial charge < -0.3 is 4.90 Å². The Bertz CT molecular complexity index is 915. The highest BCUT2D eigenvalue weighted by Crippen LogP contribution is 2.34. The van der Waals surface area contributed by atoms with E-state index in [0.29, 0.717) is 19.0 Å². The Kier molecular flexibility index (Phi) is 5.67. The minimum atomic E-state index is -3.40. The van der Waals surface area contributed by atoms with Gasteiger partial charge in [-0.05, 0) is 32.3 Å². The van der Waals surface area contributed by atoms with Crippen molar-refractivity contribution in [2.75, 3.05) is 19.3 Å². The highest BCUT2D eigenvalue weighted by atomic mass is 32.2. The van der Waals surface area contributed by atoms with Crippen molar-refractivity contribution in [1.29, 1.82) is 0 Å². The predicted molar refractivity (Wildman–Crippen MR) is 105 cm³/mol. The average Bonchev–Trinajstić information content (AvgIpc) is 3.09. The lowest BCUT2D eigenvalue weighted by Gasteiger charge is -2.33. The number of aromatic nitrogens is 2. The largest absolute Gasteiger partial charge is 0.341 e. The lowest BCUT2D eigenvalue weighted by atomic mass is 9.89. The summed E-state index contributed by atoms with van der Waals surface area (Å²) >= 11 is 0. The first-order valence-electron chi connectivity index (χ1n) is 9.11. The number of amides is 1. The van der Waals surface area contributed by atoms with Gasteiger partial charge in [0, 0.05) is 30.3 Å². The number of nitrogens with one attached hydrogen (secondary N) is 2. The minimum Gasteiger partial charge on any atom is -0.341 e. The highest BCUT2D eigenvalue weighted by molar-refractivity contribution is 7.88. The van der Waals surface area contributed by atoms with Crippen LogP contribution in [-0.4, -0.2) is 54.8 Å². The second-order valence-electron chi connectivity index (χ2n) is 7.28. The molecule has 2 aromatic rings. The molecule has 1 saturated heterocycles. The number of aromatic amines is 1. The van der Waals surface area contributed by atoms with E-state index < -0.39 is 16.1 Å². The topological polar surface area (TPSA) is 95.2 Å². The third-order valence-electron chi connectivity index (χ3n) is 4.97. The fraction of sp³-hybridized carbons (Fsp3) is 0.474. The van der Waals surface area contributed by atoms with Crippen molar-refractivity contribution in [3.05, 3.63) is 41.7 Å². The van der Waals surface area contributed by atoms with Crippen LogP contribution in [0.2, 0.25) is 0 Å². The van der Waals surface area contributed by atoms with Gasteiger partial charge >= 0.3 is 0 Å². The van der Waals surface area contributed by atoms with E-state index in [1.165, 1.54) is 5.56 Å². The monoisotopic (exact) mass is 390 g/mol. The van der Waals surface area contributed by atoms with E-state index in [0.717, 1.165) is 35.9 Å². The molecule has 7 nitrogen and oxygen atoms in total. The minimum absolute atomic E-state index is 0.178. The van der Waals surface area contributed by atoms with Crippen LogP contribution in [0.15, 0.2) is 30.5 Å². The van der Waals surface area contributed by atoms with E-state index in [1.54, 1.807) is 11.8 Å². The van der Waals surface area contributed by atoms with Gasteiger partial charge in [0.25, 0.3) is 0 Å². The number of hydrogen-bond acceptors (Lipinski definition) is 4. The molecule has 0 spiro atoms. The molecule has 1 unspecified atom stereocenters. The molecule has 1 aliphatic rings. The maximum atomic E-state index is 12.5. The van der Waals surface area contributed by atoms with Crippen LogP contribution in [0.4, 0.5) is 0 Å². The van der Waals surface area contributed by atoms with Gasteiger partial charge in [-0.3, -0.25) is 9.89 Å². The highest BCUT2D eigenvalue weighted by Gasteiger charge is 2.29. The smallest absolute Gasteiger partial charge is 0.240 e. The lowest BCUT2D eigenvalue weighted by molar-refractivity contribution is -0.133. The number of carbonyl (C=O) groups is 1. The molecule has 146 valence electrons. The van der Waals surface area contributed by atoms with Crippen LogP contribution >= 0.6 is 0 Å².